The van der Waals surface area contributed by atoms with Gasteiger partial charge in [-0.25, -0.2) is 19.4 Å². The average molecular weight is 301 g/mol. The third-order valence-corrected chi connectivity index (χ3v) is 3.09. The van der Waals surface area contributed by atoms with Gasteiger partial charge in [-0.15, -0.1) is 0 Å². The van der Waals surface area contributed by atoms with Gasteiger partial charge in [-0.1, -0.05) is 0 Å². The highest BCUT2D eigenvalue weighted by Crippen LogP contribution is 2.37. The fourth-order valence-electron chi connectivity index (χ4n) is 1.97. The smallest absolute Gasteiger partial charge is 0.413 e. The molecule has 0 bridgehead atoms. The van der Waals surface area contributed by atoms with Gasteiger partial charge >= 0.3 is 6.09 Å². The van der Waals surface area contributed by atoms with Crippen LogP contribution in [0.5, 0.6) is 0 Å². The van der Waals surface area contributed by atoms with E-state index in [1.807, 2.05) is 26.8 Å². The third kappa shape index (κ3) is 3.60. The molecule has 116 valence electrons. The Morgan fingerprint density at radius 3 is 2.82 bits per heavy atom. The topological polar surface area (TPSA) is 81.9 Å². The van der Waals surface area contributed by atoms with Gasteiger partial charge in [0.05, 0.1) is 5.69 Å². The molecule has 1 saturated carbocycles. The lowest BCUT2D eigenvalue weighted by molar-refractivity contribution is 0.0635. The first-order valence-electron chi connectivity index (χ1n) is 7.29. The highest BCUT2D eigenvalue weighted by molar-refractivity contribution is 5.83. The first kappa shape index (κ1) is 14.5. The van der Waals surface area contributed by atoms with E-state index in [0.717, 1.165) is 24.4 Å². The Balaban J connectivity index is 1.72. The molecule has 1 fully saturated rings. The van der Waals surface area contributed by atoms with Crippen molar-refractivity contribution >= 4 is 11.9 Å². The van der Waals surface area contributed by atoms with Crippen molar-refractivity contribution in [1.29, 1.82) is 0 Å². The van der Waals surface area contributed by atoms with E-state index in [-0.39, 0.29) is 0 Å². The van der Waals surface area contributed by atoms with E-state index >= 15 is 0 Å². The van der Waals surface area contributed by atoms with Crippen molar-refractivity contribution in [3.05, 3.63) is 30.5 Å². The summed E-state index contributed by atoms with van der Waals surface area (Å²) in [5, 5.41) is 7.07. The second kappa shape index (κ2) is 5.40. The van der Waals surface area contributed by atoms with Gasteiger partial charge in [-0.2, -0.15) is 5.10 Å². The number of hydrogen-bond acceptors (Lipinski definition) is 5. The lowest BCUT2D eigenvalue weighted by Crippen LogP contribution is -2.27. The van der Waals surface area contributed by atoms with E-state index < -0.39 is 11.7 Å². The van der Waals surface area contributed by atoms with E-state index in [9.17, 15) is 4.79 Å². The zero-order chi connectivity index (χ0) is 15.7. The Hall–Kier alpha value is -2.44. The van der Waals surface area contributed by atoms with Crippen LogP contribution in [0.3, 0.4) is 0 Å². The minimum atomic E-state index is -0.549. The van der Waals surface area contributed by atoms with Crippen molar-refractivity contribution in [2.24, 2.45) is 0 Å². The number of amides is 1. The second-order valence-corrected chi connectivity index (χ2v) is 6.35. The van der Waals surface area contributed by atoms with Crippen molar-refractivity contribution in [2.45, 2.75) is 45.1 Å². The molecule has 0 saturated heterocycles. The number of ether oxygens (including phenoxy) is 1. The summed E-state index contributed by atoms with van der Waals surface area (Å²) < 4.78 is 6.90. The molecular weight excluding hydrogens is 282 g/mol. The van der Waals surface area contributed by atoms with Crippen LogP contribution in [0.1, 0.15) is 45.4 Å². The van der Waals surface area contributed by atoms with E-state index in [1.54, 1.807) is 23.3 Å². The van der Waals surface area contributed by atoms with Gasteiger partial charge in [-0.3, -0.25) is 5.32 Å². The van der Waals surface area contributed by atoms with Gasteiger partial charge < -0.3 is 4.74 Å². The minimum absolute atomic E-state index is 0.412. The average Bonchev–Trinajstić information content (AvgIpc) is 3.14. The molecule has 0 radical (unpaired) electrons. The second-order valence-electron chi connectivity index (χ2n) is 6.35. The van der Waals surface area contributed by atoms with Crippen LogP contribution in [0.15, 0.2) is 24.7 Å². The number of aromatic nitrogens is 4. The van der Waals surface area contributed by atoms with E-state index in [2.05, 4.69) is 20.4 Å². The molecule has 0 spiro atoms. The van der Waals surface area contributed by atoms with Crippen LogP contribution in [-0.4, -0.2) is 31.4 Å². The fraction of sp³-hybridized carbons (Fsp3) is 0.467. The van der Waals surface area contributed by atoms with Gasteiger partial charge in [-0.05, 0) is 39.7 Å². The number of nitrogens with zero attached hydrogens (tertiary/aromatic N) is 4. The molecule has 22 heavy (non-hydrogen) atoms. The van der Waals surface area contributed by atoms with Gasteiger partial charge in [0.15, 0.2) is 5.82 Å². The van der Waals surface area contributed by atoms with Gasteiger partial charge in [0.25, 0.3) is 0 Å². The number of hydrogen-bond donors (Lipinski definition) is 1. The summed E-state index contributed by atoms with van der Waals surface area (Å²) in [6.07, 6.45) is 5.08. The molecule has 0 aromatic carbocycles. The number of rotatable bonds is 3. The standard InChI is InChI=1S/C15H19N5O2/c1-15(2,3)22-14(21)18-12-8-11(6-7-16-12)20-9-17-13(19-20)10-4-5-10/h6-10H,4-5H2,1-3H3,(H,16,18,21). The lowest BCUT2D eigenvalue weighted by atomic mass is 10.2. The third-order valence-electron chi connectivity index (χ3n) is 3.09. The van der Waals surface area contributed by atoms with Crippen molar-refractivity contribution < 1.29 is 9.53 Å². The molecule has 2 aromatic rings. The van der Waals surface area contributed by atoms with Crippen molar-refractivity contribution in [2.75, 3.05) is 5.32 Å². The predicted octanol–water partition coefficient (Wildman–Crippen LogP) is 2.89. The molecule has 1 aliphatic carbocycles. The van der Waals surface area contributed by atoms with Crippen molar-refractivity contribution in [3.63, 3.8) is 0 Å². The molecule has 1 amide bonds. The molecule has 1 aliphatic rings. The molecule has 3 rings (SSSR count). The Labute approximate surface area is 128 Å². The molecule has 7 nitrogen and oxygen atoms in total. The van der Waals surface area contributed by atoms with E-state index in [4.69, 9.17) is 4.74 Å². The van der Waals surface area contributed by atoms with Gasteiger partial charge in [0.1, 0.15) is 17.7 Å². The van der Waals surface area contributed by atoms with Crippen LogP contribution in [-0.2, 0) is 4.74 Å². The Kier molecular flexibility index (Phi) is 3.56. The van der Waals surface area contributed by atoms with Crippen LogP contribution < -0.4 is 5.32 Å². The number of carbonyl (C=O) groups excluding carboxylic acids is 1. The number of anilines is 1. The summed E-state index contributed by atoms with van der Waals surface area (Å²) in [6.45, 7) is 5.43. The van der Waals surface area contributed by atoms with Gasteiger partial charge in [0.2, 0.25) is 0 Å². The minimum Gasteiger partial charge on any atom is -0.444 e. The van der Waals surface area contributed by atoms with Crippen molar-refractivity contribution in [3.8, 4) is 5.69 Å². The maximum Gasteiger partial charge on any atom is 0.413 e. The Morgan fingerprint density at radius 2 is 2.14 bits per heavy atom. The fourth-order valence-corrected chi connectivity index (χ4v) is 1.97. The highest BCUT2D eigenvalue weighted by Gasteiger charge is 2.27. The summed E-state index contributed by atoms with van der Waals surface area (Å²) in [5.74, 6) is 1.79. The zero-order valence-electron chi connectivity index (χ0n) is 12.9. The summed E-state index contributed by atoms with van der Waals surface area (Å²) in [6, 6.07) is 3.54. The molecule has 0 aliphatic heterocycles. The zero-order valence-corrected chi connectivity index (χ0v) is 12.9. The van der Waals surface area contributed by atoms with Crippen LogP contribution in [0.25, 0.3) is 5.69 Å². The van der Waals surface area contributed by atoms with Crippen LogP contribution in [0.2, 0.25) is 0 Å². The highest BCUT2D eigenvalue weighted by atomic mass is 16.6. The number of nitrogens with one attached hydrogen (secondary N) is 1. The molecular formula is C15H19N5O2. The summed E-state index contributed by atoms with van der Waals surface area (Å²) >= 11 is 0. The maximum atomic E-state index is 11.8. The summed E-state index contributed by atoms with van der Waals surface area (Å²) in [5.41, 5.74) is 0.243. The Morgan fingerprint density at radius 1 is 1.36 bits per heavy atom. The number of pyridine rings is 1. The largest absolute Gasteiger partial charge is 0.444 e. The summed E-state index contributed by atoms with van der Waals surface area (Å²) in [4.78, 5) is 20.2. The molecule has 2 aromatic heterocycles. The SMILES string of the molecule is CC(C)(C)OC(=O)Nc1cc(-n2cnc(C3CC3)n2)ccn1. The van der Waals surface area contributed by atoms with Crippen LogP contribution >= 0.6 is 0 Å². The molecule has 1 N–H and O–H groups in total. The van der Waals surface area contributed by atoms with Gasteiger partial charge in [0, 0.05) is 18.2 Å². The normalized spacial score (nSPS) is 14.7. The molecule has 2 heterocycles. The molecule has 0 atom stereocenters. The summed E-state index contributed by atoms with van der Waals surface area (Å²) in [7, 11) is 0. The van der Waals surface area contributed by atoms with E-state index in [1.165, 1.54) is 0 Å². The van der Waals surface area contributed by atoms with Crippen molar-refractivity contribution in [1.82, 2.24) is 19.7 Å². The molecule has 0 unspecified atom stereocenters. The maximum absolute atomic E-state index is 11.8. The Bertz CT molecular complexity index is 685. The molecule has 7 heteroatoms. The lowest BCUT2D eigenvalue weighted by Gasteiger charge is -2.19. The van der Waals surface area contributed by atoms with E-state index in [0.29, 0.717) is 11.7 Å². The predicted molar refractivity (Wildman–Crippen MR) is 81.0 cm³/mol. The quantitative estimate of drug-likeness (QED) is 0.942. The monoisotopic (exact) mass is 301 g/mol. The first-order chi connectivity index (χ1) is 10.4. The van der Waals surface area contributed by atoms with Crippen LogP contribution in [0, 0.1) is 0 Å². The van der Waals surface area contributed by atoms with Crippen LogP contribution in [0.4, 0.5) is 10.6 Å². The first-order valence-corrected chi connectivity index (χ1v) is 7.29. The number of carbonyl (C=O) groups is 1.